The summed E-state index contributed by atoms with van der Waals surface area (Å²) in [5, 5.41) is 16.7. The van der Waals surface area contributed by atoms with Gasteiger partial charge in [-0.2, -0.15) is 0 Å². The molecule has 1 amide bonds. The Labute approximate surface area is 167 Å². The molecule has 1 atom stereocenters. The maximum absolute atomic E-state index is 12.2. The van der Waals surface area contributed by atoms with Crippen molar-refractivity contribution in [3.63, 3.8) is 0 Å². The van der Waals surface area contributed by atoms with Gasteiger partial charge in [-0.25, -0.2) is 0 Å². The number of aliphatic imine (C=N–C) groups is 1. The molecule has 0 radical (unpaired) electrons. The number of nitrogens with zero attached hydrogens (tertiary/aromatic N) is 2. The molecule has 0 saturated carbocycles. The summed E-state index contributed by atoms with van der Waals surface area (Å²) in [7, 11) is 4.90. The van der Waals surface area contributed by atoms with E-state index in [9.17, 15) is 9.90 Å². The average Bonchev–Trinajstić information content (AvgIpc) is 2.62. The Bertz CT molecular complexity index is 671. The largest absolute Gasteiger partial charge is 0.497 e. The molecule has 0 saturated heterocycles. The molecule has 0 spiro atoms. The van der Waals surface area contributed by atoms with Gasteiger partial charge in [-0.05, 0) is 45.9 Å². The maximum Gasteiger partial charge on any atom is 0.240 e. The molecule has 0 aromatic heterocycles. The van der Waals surface area contributed by atoms with Crippen LogP contribution in [0.25, 0.3) is 0 Å². The highest BCUT2D eigenvalue weighted by molar-refractivity contribution is 5.86. The molecule has 1 unspecified atom stereocenters. The minimum absolute atomic E-state index is 0.101. The minimum Gasteiger partial charge on any atom is -0.497 e. The zero-order valence-electron chi connectivity index (χ0n) is 18.0. The number of rotatable bonds is 8. The van der Waals surface area contributed by atoms with E-state index in [1.165, 1.54) is 0 Å². The predicted octanol–water partition coefficient (Wildman–Crippen LogP) is 1.55. The van der Waals surface area contributed by atoms with E-state index in [0.717, 1.165) is 0 Å². The Morgan fingerprint density at radius 1 is 1.29 bits per heavy atom. The maximum atomic E-state index is 12.2. The summed E-state index contributed by atoms with van der Waals surface area (Å²) in [6, 6.07) is 5.24. The lowest BCUT2D eigenvalue weighted by molar-refractivity contribution is -0.122. The number of likely N-dealkylation sites (N-methyl/N-ethyl adjacent to an activating group) is 1. The fourth-order valence-corrected chi connectivity index (χ4v) is 2.59. The summed E-state index contributed by atoms with van der Waals surface area (Å²) in [5.41, 5.74) is 0.293. The third-order valence-corrected chi connectivity index (χ3v) is 3.80. The number of carbonyl (C=O) groups excluding carboxylic acids is 1. The molecule has 1 aromatic rings. The molecular weight excluding hydrogens is 360 g/mol. The van der Waals surface area contributed by atoms with E-state index in [0.29, 0.717) is 29.6 Å². The lowest BCUT2D eigenvalue weighted by atomic mass is 10.1. The molecule has 0 aliphatic rings. The number of methoxy groups -OCH3 is 2. The van der Waals surface area contributed by atoms with Gasteiger partial charge in [0.15, 0.2) is 5.96 Å². The Balaban J connectivity index is 2.90. The number of aliphatic hydroxyl groups is 1. The van der Waals surface area contributed by atoms with Crippen LogP contribution in [-0.2, 0) is 4.79 Å². The van der Waals surface area contributed by atoms with Gasteiger partial charge in [0.1, 0.15) is 17.6 Å². The zero-order chi connectivity index (χ0) is 21.3. The number of benzene rings is 1. The summed E-state index contributed by atoms with van der Waals surface area (Å²) in [6.45, 7) is 8.65. The number of amides is 1. The topological polar surface area (TPSA) is 95.4 Å². The van der Waals surface area contributed by atoms with Gasteiger partial charge in [0.2, 0.25) is 5.91 Å². The fraction of sp³-hybridized carbons (Fsp3) is 0.600. The van der Waals surface area contributed by atoms with Gasteiger partial charge in [-0.1, -0.05) is 0 Å². The van der Waals surface area contributed by atoms with E-state index < -0.39 is 6.10 Å². The summed E-state index contributed by atoms with van der Waals surface area (Å²) >= 11 is 0. The smallest absolute Gasteiger partial charge is 0.240 e. The fourth-order valence-electron chi connectivity index (χ4n) is 2.59. The standard InChI is InChI=1S/C20H34N4O4/c1-8-21-19(24(5)13-18(26)23-20(2,3)4)22-12-16(25)15-11-14(27-6)9-10-17(15)28-7/h9-11,16,25H,8,12-13H2,1-7H3,(H,21,22)(H,23,26). The van der Waals surface area contributed by atoms with Crippen molar-refractivity contribution in [2.24, 2.45) is 4.99 Å². The Hall–Kier alpha value is -2.48. The average molecular weight is 395 g/mol. The second kappa shape index (κ2) is 10.8. The molecule has 1 aromatic carbocycles. The van der Waals surface area contributed by atoms with Crippen LogP contribution in [-0.4, -0.2) is 68.3 Å². The first-order valence-electron chi connectivity index (χ1n) is 9.31. The molecule has 3 N–H and O–H groups in total. The number of aliphatic hydroxyl groups excluding tert-OH is 1. The van der Waals surface area contributed by atoms with Gasteiger partial charge < -0.3 is 30.1 Å². The molecule has 0 bridgehead atoms. The quantitative estimate of drug-likeness (QED) is 0.457. The first-order chi connectivity index (χ1) is 13.1. The highest BCUT2D eigenvalue weighted by atomic mass is 16.5. The van der Waals surface area contributed by atoms with Gasteiger partial charge in [0.05, 0.1) is 27.3 Å². The Morgan fingerprint density at radius 2 is 1.96 bits per heavy atom. The lowest BCUT2D eigenvalue weighted by Gasteiger charge is -2.25. The second-order valence-corrected chi connectivity index (χ2v) is 7.47. The minimum atomic E-state index is -0.879. The van der Waals surface area contributed by atoms with Crippen LogP contribution < -0.4 is 20.1 Å². The molecule has 1 rings (SSSR count). The van der Waals surface area contributed by atoms with E-state index in [4.69, 9.17) is 9.47 Å². The van der Waals surface area contributed by atoms with Crippen molar-refractivity contribution in [3.05, 3.63) is 23.8 Å². The first kappa shape index (κ1) is 23.6. The normalized spacial score (nSPS) is 12.9. The van der Waals surface area contributed by atoms with Gasteiger partial charge >= 0.3 is 0 Å². The molecule has 0 heterocycles. The van der Waals surface area contributed by atoms with Crippen molar-refractivity contribution in [3.8, 4) is 11.5 Å². The lowest BCUT2D eigenvalue weighted by Crippen LogP contribution is -2.48. The van der Waals surface area contributed by atoms with Crippen molar-refractivity contribution in [2.75, 3.05) is 40.9 Å². The van der Waals surface area contributed by atoms with E-state index in [2.05, 4.69) is 15.6 Å². The summed E-state index contributed by atoms with van der Waals surface area (Å²) in [6.07, 6.45) is -0.879. The Kier molecular flexibility index (Phi) is 9.05. The van der Waals surface area contributed by atoms with Gasteiger partial charge in [0, 0.05) is 24.7 Å². The Morgan fingerprint density at radius 3 is 2.50 bits per heavy atom. The first-order valence-corrected chi connectivity index (χ1v) is 9.31. The van der Waals surface area contributed by atoms with Crippen molar-refractivity contribution in [2.45, 2.75) is 39.3 Å². The van der Waals surface area contributed by atoms with Crippen LogP contribution in [0.15, 0.2) is 23.2 Å². The molecule has 28 heavy (non-hydrogen) atoms. The van der Waals surface area contributed by atoms with Gasteiger partial charge in [0.25, 0.3) is 0 Å². The number of guanidine groups is 1. The van der Waals surface area contributed by atoms with E-state index in [-0.39, 0.29) is 24.5 Å². The van der Waals surface area contributed by atoms with Crippen LogP contribution in [0, 0.1) is 0 Å². The van der Waals surface area contributed by atoms with Crippen LogP contribution in [0.5, 0.6) is 11.5 Å². The predicted molar refractivity (Wildman–Crippen MR) is 111 cm³/mol. The molecule has 8 heteroatoms. The number of carbonyl (C=O) groups is 1. The molecule has 0 aliphatic heterocycles. The van der Waals surface area contributed by atoms with E-state index in [1.54, 1.807) is 44.4 Å². The third-order valence-electron chi connectivity index (χ3n) is 3.80. The summed E-state index contributed by atoms with van der Waals surface area (Å²) < 4.78 is 10.5. The summed E-state index contributed by atoms with van der Waals surface area (Å²) in [5.74, 6) is 1.62. The summed E-state index contributed by atoms with van der Waals surface area (Å²) in [4.78, 5) is 18.4. The SMILES string of the molecule is CCNC(=NCC(O)c1cc(OC)ccc1OC)N(C)CC(=O)NC(C)(C)C. The van der Waals surface area contributed by atoms with Crippen LogP contribution in [0.2, 0.25) is 0 Å². The van der Waals surface area contributed by atoms with Crippen LogP contribution in [0.3, 0.4) is 0 Å². The van der Waals surface area contributed by atoms with E-state index >= 15 is 0 Å². The molecule has 0 aliphatic carbocycles. The number of hydrogen-bond donors (Lipinski definition) is 3. The van der Waals surface area contributed by atoms with Crippen LogP contribution in [0.1, 0.15) is 39.4 Å². The van der Waals surface area contributed by atoms with Crippen LogP contribution >= 0.6 is 0 Å². The highest BCUT2D eigenvalue weighted by Crippen LogP contribution is 2.29. The zero-order valence-corrected chi connectivity index (χ0v) is 18.0. The number of ether oxygens (including phenoxy) is 2. The van der Waals surface area contributed by atoms with Crippen molar-refractivity contribution in [1.29, 1.82) is 0 Å². The highest BCUT2D eigenvalue weighted by Gasteiger charge is 2.18. The molecule has 8 nitrogen and oxygen atoms in total. The third kappa shape index (κ3) is 7.64. The molecular formula is C20H34N4O4. The molecule has 158 valence electrons. The number of hydrogen-bond acceptors (Lipinski definition) is 5. The molecule has 0 fully saturated rings. The van der Waals surface area contributed by atoms with E-state index in [1.807, 2.05) is 27.7 Å². The monoisotopic (exact) mass is 394 g/mol. The second-order valence-electron chi connectivity index (χ2n) is 7.47. The van der Waals surface area contributed by atoms with Gasteiger partial charge in [-0.15, -0.1) is 0 Å². The van der Waals surface area contributed by atoms with Crippen molar-refractivity contribution >= 4 is 11.9 Å². The van der Waals surface area contributed by atoms with Crippen LogP contribution in [0.4, 0.5) is 0 Å². The van der Waals surface area contributed by atoms with Gasteiger partial charge in [-0.3, -0.25) is 9.79 Å². The number of nitrogens with one attached hydrogen (secondary N) is 2. The van der Waals surface area contributed by atoms with Crippen molar-refractivity contribution in [1.82, 2.24) is 15.5 Å². The van der Waals surface area contributed by atoms with Crippen molar-refractivity contribution < 1.29 is 19.4 Å².